The van der Waals surface area contributed by atoms with Crippen molar-refractivity contribution in [3.8, 4) is 0 Å². The number of ether oxygens (including phenoxy) is 1. The molecule has 25 heavy (non-hydrogen) atoms. The average Bonchev–Trinajstić information content (AvgIpc) is 2.76. The van der Waals surface area contributed by atoms with Gasteiger partial charge >= 0.3 is 6.09 Å². The van der Waals surface area contributed by atoms with Gasteiger partial charge in [0.25, 0.3) is 0 Å². The van der Waals surface area contributed by atoms with Gasteiger partial charge in [-0.2, -0.15) is 0 Å². The Labute approximate surface area is 149 Å². The van der Waals surface area contributed by atoms with E-state index in [1.807, 2.05) is 50.8 Å². The van der Waals surface area contributed by atoms with Crippen molar-refractivity contribution < 1.29 is 14.3 Å². The second-order valence-corrected chi connectivity index (χ2v) is 8.35. The van der Waals surface area contributed by atoms with Gasteiger partial charge in [0.1, 0.15) is 11.4 Å². The van der Waals surface area contributed by atoms with E-state index in [-0.39, 0.29) is 29.9 Å². The fourth-order valence-electron chi connectivity index (χ4n) is 4.07. The van der Waals surface area contributed by atoms with Gasteiger partial charge < -0.3 is 9.64 Å². The maximum atomic E-state index is 12.7. The van der Waals surface area contributed by atoms with Gasteiger partial charge in [-0.05, 0) is 65.5 Å². The van der Waals surface area contributed by atoms with Crippen LogP contribution >= 0.6 is 0 Å². The molecule has 2 atom stereocenters. The number of rotatable bonds is 3. The van der Waals surface area contributed by atoms with Gasteiger partial charge in [-0.15, -0.1) is 0 Å². The summed E-state index contributed by atoms with van der Waals surface area (Å²) in [5.41, 5.74) is 1.29. The Bertz CT molecular complexity index is 651. The van der Waals surface area contributed by atoms with Crippen LogP contribution in [0.4, 0.5) is 4.79 Å². The molecule has 0 spiro atoms. The number of fused-ring (bicyclic) bond motifs is 2. The summed E-state index contributed by atoms with van der Waals surface area (Å²) in [6.45, 7) is 7.60. The largest absolute Gasteiger partial charge is 0.444 e. The Kier molecular flexibility index (Phi) is 4.85. The average molecular weight is 344 g/mol. The highest BCUT2D eigenvalue weighted by atomic mass is 16.6. The van der Waals surface area contributed by atoms with Crippen molar-refractivity contribution in [1.82, 2.24) is 9.88 Å². The van der Waals surface area contributed by atoms with E-state index >= 15 is 0 Å². The molecule has 2 aliphatic rings. The molecule has 0 aliphatic carbocycles. The Hall–Kier alpha value is -1.91. The molecule has 2 aliphatic heterocycles. The van der Waals surface area contributed by atoms with Crippen molar-refractivity contribution in [3.05, 3.63) is 29.6 Å². The van der Waals surface area contributed by atoms with E-state index in [1.165, 1.54) is 0 Å². The third-order valence-corrected chi connectivity index (χ3v) is 5.09. The van der Waals surface area contributed by atoms with E-state index in [1.54, 1.807) is 0 Å². The molecule has 1 amide bonds. The number of hydrogen-bond donors (Lipinski definition) is 0. The Morgan fingerprint density at radius 3 is 2.40 bits per heavy atom. The maximum absolute atomic E-state index is 12.7. The summed E-state index contributed by atoms with van der Waals surface area (Å²) in [4.78, 5) is 31.5. The van der Waals surface area contributed by atoms with Gasteiger partial charge in [0.05, 0.1) is 0 Å². The number of piperidine rings is 1. The molecule has 1 aromatic heterocycles. The molecule has 0 N–H and O–H groups in total. The van der Waals surface area contributed by atoms with Crippen molar-refractivity contribution in [3.63, 3.8) is 0 Å². The summed E-state index contributed by atoms with van der Waals surface area (Å²) in [6.07, 6.45) is 3.59. The van der Waals surface area contributed by atoms with Gasteiger partial charge in [0.15, 0.2) is 0 Å². The standard InChI is InChI=1S/C20H28N2O3/c1-13-6-5-7-15(21-13)12-18(23)14-10-16-8-9-17(11-14)22(16)19(24)25-20(2,3)4/h5-7,14,16-17H,8-12H2,1-4H3. The van der Waals surface area contributed by atoms with Crippen molar-refractivity contribution >= 4 is 11.9 Å². The number of aryl methyl sites for hydroxylation is 1. The molecule has 5 nitrogen and oxygen atoms in total. The molecule has 0 saturated carbocycles. The summed E-state index contributed by atoms with van der Waals surface area (Å²) in [7, 11) is 0. The quantitative estimate of drug-likeness (QED) is 0.839. The van der Waals surface area contributed by atoms with Crippen LogP contribution < -0.4 is 0 Å². The van der Waals surface area contributed by atoms with E-state index in [2.05, 4.69) is 4.98 Å². The Balaban J connectivity index is 1.63. The zero-order valence-corrected chi connectivity index (χ0v) is 15.6. The number of aromatic nitrogens is 1. The predicted octanol–water partition coefficient (Wildman–Crippen LogP) is 3.68. The van der Waals surface area contributed by atoms with Crippen molar-refractivity contribution in [1.29, 1.82) is 0 Å². The van der Waals surface area contributed by atoms with E-state index < -0.39 is 5.60 Å². The molecular weight excluding hydrogens is 316 g/mol. The van der Waals surface area contributed by atoms with Crippen molar-refractivity contribution in [2.75, 3.05) is 0 Å². The minimum absolute atomic E-state index is 0.0264. The van der Waals surface area contributed by atoms with Crippen molar-refractivity contribution in [2.24, 2.45) is 5.92 Å². The number of Topliss-reactive ketones (excluding diaryl/α,β-unsaturated/α-hetero) is 1. The molecule has 2 saturated heterocycles. The van der Waals surface area contributed by atoms with Crippen LogP contribution in [0.25, 0.3) is 0 Å². The second-order valence-electron chi connectivity index (χ2n) is 8.35. The van der Waals surface area contributed by atoms with Gasteiger partial charge in [0, 0.05) is 35.8 Å². The number of hydrogen-bond acceptors (Lipinski definition) is 4. The van der Waals surface area contributed by atoms with Gasteiger partial charge in [-0.3, -0.25) is 9.78 Å². The minimum atomic E-state index is -0.486. The summed E-state index contributed by atoms with van der Waals surface area (Å²) in [5.74, 6) is 0.275. The zero-order valence-electron chi connectivity index (χ0n) is 15.6. The molecule has 2 fully saturated rings. The zero-order chi connectivity index (χ0) is 18.2. The van der Waals surface area contributed by atoms with Crippen LogP contribution in [0.15, 0.2) is 18.2 Å². The highest BCUT2D eigenvalue weighted by Gasteiger charge is 2.46. The molecule has 136 valence electrons. The topological polar surface area (TPSA) is 59.5 Å². The van der Waals surface area contributed by atoms with Gasteiger partial charge in [0.2, 0.25) is 0 Å². The fourth-order valence-corrected chi connectivity index (χ4v) is 4.07. The summed E-state index contributed by atoms with van der Waals surface area (Å²) < 4.78 is 5.55. The SMILES string of the molecule is Cc1cccc(CC(=O)C2CC3CCC(C2)N3C(=O)OC(C)(C)C)n1. The van der Waals surface area contributed by atoms with Crippen LogP contribution in [0, 0.1) is 12.8 Å². The summed E-state index contributed by atoms with van der Waals surface area (Å²) in [6, 6.07) is 6.06. The lowest BCUT2D eigenvalue weighted by molar-refractivity contribution is -0.124. The minimum Gasteiger partial charge on any atom is -0.444 e. The first-order valence-corrected chi connectivity index (χ1v) is 9.19. The van der Waals surface area contributed by atoms with Crippen LogP contribution in [-0.4, -0.2) is 39.4 Å². The smallest absolute Gasteiger partial charge is 0.410 e. The first-order chi connectivity index (χ1) is 11.7. The second kappa shape index (κ2) is 6.77. The van der Waals surface area contributed by atoms with Gasteiger partial charge in [-0.25, -0.2) is 4.79 Å². The lowest BCUT2D eigenvalue weighted by Gasteiger charge is -2.39. The van der Waals surface area contributed by atoms with Crippen LogP contribution in [0.3, 0.4) is 0 Å². The molecular formula is C20H28N2O3. The lowest BCUT2D eigenvalue weighted by atomic mass is 9.86. The molecule has 2 unspecified atom stereocenters. The van der Waals surface area contributed by atoms with Crippen LogP contribution in [0.1, 0.15) is 57.8 Å². The third-order valence-electron chi connectivity index (χ3n) is 5.09. The molecule has 3 rings (SSSR count). The predicted molar refractivity (Wildman–Crippen MR) is 95.3 cm³/mol. The molecule has 0 radical (unpaired) electrons. The number of carbonyl (C=O) groups excluding carboxylic acids is 2. The number of nitrogens with zero attached hydrogens (tertiary/aromatic N) is 2. The van der Waals surface area contributed by atoms with Crippen LogP contribution in [0.2, 0.25) is 0 Å². The number of ketones is 1. The number of amides is 1. The molecule has 3 heterocycles. The third kappa shape index (κ3) is 4.20. The first kappa shape index (κ1) is 17.9. The molecule has 2 bridgehead atoms. The summed E-state index contributed by atoms with van der Waals surface area (Å²) in [5, 5.41) is 0. The van der Waals surface area contributed by atoms with E-state index in [0.29, 0.717) is 6.42 Å². The summed E-state index contributed by atoms with van der Waals surface area (Å²) >= 11 is 0. The van der Waals surface area contributed by atoms with E-state index in [9.17, 15) is 9.59 Å². The highest BCUT2D eigenvalue weighted by Crippen LogP contribution is 2.40. The Morgan fingerprint density at radius 2 is 1.84 bits per heavy atom. The number of carbonyl (C=O) groups is 2. The van der Waals surface area contributed by atoms with E-state index in [4.69, 9.17) is 4.74 Å². The van der Waals surface area contributed by atoms with Crippen LogP contribution in [-0.2, 0) is 16.0 Å². The lowest BCUT2D eigenvalue weighted by Crippen LogP contribution is -2.49. The molecule has 0 aromatic carbocycles. The van der Waals surface area contributed by atoms with Gasteiger partial charge in [-0.1, -0.05) is 6.07 Å². The van der Waals surface area contributed by atoms with Crippen LogP contribution in [0.5, 0.6) is 0 Å². The van der Waals surface area contributed by atoms with E-state index in [0.717, 1.165) is 37.1 Å². The molecule has 5 heteroatoms. The maximum Gasteiger partial charge on any atom is 0.410 e. The molecule has 1 aromatic rings. The monoisotopic (exact) mass is 344 g/mol. The first-order valence-electron chi connectivity index (χ1n) is 9.19. The van der Waals surface area contributed by atoms with Crippen molar-refractivity contribution in [2.45, 2.75) is 77.5 Å². The fraction of sp³-hybridized carbons (Fsp3) is 0.650. The number of pyridine rings is 1. The normalized spacial score (nSPS) is 25.8. The highest BCUT2D eigenvalue weighted by molar-refractivity contribution is 5.83. The Morgan fingerprint density at radius 1 is 1.20 bits per heavy atom.